The van der Waals surface area contributed by atoms with Crippen molar-refractivity contribution in [3.63, 3.8) is 0 Å². The van der Waals surface area contributed by atoms with Crippen molar-refractivity contribution in [3.05, 3.63) is 65.0 Å². The van der Waals surface area contributed by atoms with Gasteiger partial charge in [-0.1, -0.05) is 29.8 Å². The van der Waals surface area contributed by atoms with Crippen LogP contribution in [0.15, 0.2) is 47.4 Å². The number of hydrogen-bond donors (Lipinski definition) is 1. The van der Waals surface area contributed by atoms with E-state index >= 15 is 0 Å². The Morgan fingerprint density at radius 3 is 2.60 bits per heavy atom. The van der Waals surface area contributed by atoms with E-state index in [9.17, 15) is 4.39 Å². The topological polar surface area (TPSA) is 12.0 Å². The highest BCUT2D eigenvalue weighted by Gasteiger charge is 2.11. The van der Waals surface area contributed by atoms with Gasteiger partial charge in [-0.25, -0.2) is 4.39 Å². The first-order valence-corrected chi connectivity index (χ1v) is 7.71. The van der Waals surface area contributed by atoms with Gasteiger partial charge in [0.2, 0.25) is 0 Å². The molecule has 0 aliphatic heterocycles. The minimum atomic E-state index is -0.136. The molecule has 1 atom stereocenters. The first-order valence-electron chi connectivity index (χ1n) is 6.73. The number of rotatable bonds is 5. The summed E-state index contributed by atoms with van der Waals surface area (Å²) in [6, 6.07) is 14.1. The monoisotopic (exact) mass is 289 g/mol. The van der Waals surface area contributed by atoms with Crippen LogP contribution in [0.25, 0.3) is 0 Å². The van der Waals surface area contributed by atoms with E-state index in [1.165, 1.54) is 10.5 Å². The lowest BCUT2D eigenvalue weighted by Gasteiger charge is -2.17. The summed E-state index contributed by atoms with van der Waals surface area (Å²) in [4.78, 5) is 1.25. The van der Waals surface area contributed by atoms with E-state index in [-0.39, 0.29) is 11.9 Å². The molecule has 0 saturated carbocycles. The Labute approximate surface area is 124 Å². The van der Waals surface area contributed by atoms with Gasteiger partial charge in [-0.05, 0) is 50.2 Å². The fraction of sp³-hybridized carbons (Fsp3) is 0.294. The number of halogens is 1. The van der Waals surface area contributed by atoms with Crippen LogP contribution in [0.3, 0.4) is 0 Å². The number of benzene rings is 2. The summed E-state index contributed by atoms with van der Waals surface area (Å²) in [5.74, 6) is 0.742. The molecule has 1 nitrogen and oxygen atoms in total. The molecule has 0 fully saturated rings. The van der Waals surface area contributed by atoms with E-state index in [0.717, 1.165) is 11.3 Å². The van der Waals surface area contributed by atoms with Gasteiger partial charge in [0.1, 0.15) is 5.82 Å². The van der Waals surface area contributed by atoms with E-state index in [1.807, 2.05) is 19.2 Å². The highest BCUT2D eigenvalue weighted by atomic mass is 32.2. The largest absolute Gasteiger partial charge is 0.312 e. The summed E-state index contributed by atoms with van der Waals surface area (Å²) in [7, 11) is 1.92. The Bertz CT molecular complexity index is 583. The minimum absolute atomic E-state index is 0.136. The second-order valence-corrected chi connectivity index (χ2v) is 6.07. The molecule has 0 spiro atoms. The summed E-state index contributed by atoms with van der Waals surface area (Å²) < 4.78 is 13.7. The highest BCUT2D eigenvalue weighted by Crippen LogP contribution is 2.26. The van der Waals surface area contributed by atoms with Gasteiger partial charge in [0.05, 0.1) is 0 Å². The normalized spacial score (nSPS) is 12.4. The average Bonchev–Trinajstić information content (AvgIpc) is 2.43. The van der Waals surface area contributed by atoms with Crippen LogP contribution in [0.1, 0.15) is 22.7 Å². The van der Waals surface area contributed by atoms with Crippen molar-refractivity contribution in [2.45, 2.75) is 24.8 Å². The van der Waals surface area contributed by atoms with Crippen molar-refractivity contribution >= 4 is 11.8 Å². The molecule has 0 heterocycles. The third-order valence-corrected chi connectivity index (χ3v) is 4.44. The summed E-state index contributed by atoms with van der Waals surface area (Å²) in [5, 5.41) is 3.26. The van der Waals surface area contributed by atoms with Gasteiger partial charge in [0.15, 0.2) is 0 Å². The summed E-state index contributed by atoms with van der Waals surface area (Å²) in [6.07, 6.45) is 0. The van der Waals surface area contributed by atoms with E-state index < -0.39 is 0 Å². The molecular formula is C17H20FNS. The standard InChI is InChI=1S/C17H20FNS/c1-12-5-4-6-15(9-12)20-11-17(19-3)14-8-7-13(2)16(18)10-14/h4-10,17,19H,11H2,1-3H3. The Morgan fingerprint density at radius 2 is 1.95 bits per heavy atom. The molecule has 106 valence electrons. The fourth-order valence-electron chi connectivity index (χ4n) is 2.06. The zero-order valence-electron chi connectivity index (χ0n) is 12.1. The first-order chi connectivity index (χ1) is 9.60. The van der Waals surface area contributed by atoms with Crippen LogP contribution in [0, 0.1) is 19.7 Å². The molecule has 0 aromatic heterocycles. The van der Waals surface area contributed by atoms with Crippen LogP contribution in [0.2, 0.25) is 0 Å². The minimum Gasteiger partial charge on any atom is -0.312 e. The van der Waals surface area contributed by atoms with Crippen molar-refractivity contribution < 1.29 is 4.39 Å². The van der Waals surface area contributed by atoms with E-state index in [0.29, 0.717) is 5.56 Å². The average molecular weight is 289 g/mol. The Hall–Kier alpha value is -1.32. The zero-order valence-corrected chi connectivity index (χ0v) is 12.9. The van der Waals surface area contributed by atoms with Crippen LogP contribution in [-0.4, -0.2) is 12.8 Å². The molecule has 0 saturated heterocycles. The van der Waals surface area contributed by atoms with E-state index in [2.05, 4.69) is 36.5 Å². The van der Waals surface area contributed by atoms with Gasteiger partial charge >= 0.3 is 0 Å². The van der Waals surface area contributed by atoms with Crippen molar-refractivity contribution in [2.75, 3.05) is 12.8 Å². The van der Waals surface area contributed by atoms with Gasteiger partial charge in [-0.15, -0.1) is 11.8 Å². The van der Waals surface area contributed by atoms with E-state index in [4.69, 9.17) is 0 Å². The van der Waals surface area contributed by atoms with Crippen LogP contribution in [0.5, 0.6) is 0 Å². The zero-order chi connectivity index (χ0) is 14.5. The van der Waals surface area contributed by atoms with Gasteiger partial charge in [-0.3, -0.25) is 0 Å². The van der Waals surface area contributed by atoms with Gasteiger partial charge in [0, 0.05) is 16.7 Å². The first kappa shape index (κ1) is 15.1. The molecule has 1 N–H and O–H groups in total. The number of thioether (sulfide) groups is 1. The number of hydrogen-bond acceptors (Lipinski definition) is 2. The van der Waals surface area contributed by atoms with Gasteiger partial charge in [-0.2, -0.15) is 0 Å². The maximum Gasteiger partial charge on any atom is 0.126 e. The lowest BCUT2D eigenvalue weighted by molar-refractivity contribution is 0.603. The molecule has 3 heteroatoms. The highest BCUT2D eigenvalue weighted by molar-refractivity contribution is 7.99. The summed E-state index contributed by atoms with van der Waals surface area (Å²) in [6.45, 7) is 3.88. The number of nitrogens with one attached hydrogen (secondary N) is 1. The Kier molecular flexibility index (Phi) is 5.21. The summed E-state index contributed by atoms with van der Waals surface area (Å²) >= 11 is 1.79. The molecule has 2 rings (SSSR count). The molecule has 2 aromatic rings. The Balaban J connectivity index is 2.07. The maximum absolute atomic E-state index is 13.7. The summed E-state index contributed by atoms with van der Waals surface area (Å²) in [5.41, 5.74) is 2.95. The molecule has 20 heavy (non-hydrogen) atoms. The molecule has 1 unspecified atom stereocenters. The molecule has 0 radical (unpaired) electrons. The van der Waals surface area contributed by atoms with Crippen LogP contribution >= 0.6 is 11.8 Å². The second-order valence-electron chi connectivity index (χ2n) is 4.98. The maximum atomic E-state index is 13.7. The van der Waals surface area contributed by atoms with Crippen molar-refractivity contribution in [3.8, 4) is 0 Å². The van der Waals surface area contributed by atoms with Crippen molar-refractivity contribution in [2.24, 2.45) is 0 Å². The van der Waals surface area contributed by atoms with Gasteiger partial charge < -0.3 is 5.32 Å². The molecule has 0 amide bonds. The van der Waals surface area contributed by atoms with Crippen LogP contribution in [-0.2, 0) is 0 Å². The van der Waals surface area contributed by atoms with Crippen molar-refractivity contribution in [1.29, 1.82) is 0 Å². The molecule has 2 aromatic carbocycles. The lowest BCUT2D eigenvalue weighted by Crippen LogP contribution is -2.19. The smallest absolute Gasteiger partial charge is 0.126 e. The number of aryl methyl sites for hydroxylation is 2. The second kappa shape index (κ2) is 6.91. The Morgan fingerprint density at radius 1 is 1.15 bits per heavy atom. The molecule has 0 aliphatic rings. The molecule has 0 bridgehead atoms. The van der Waals surface area contributed by atoms with Crippen molar-refractivity contribution in [1.82, 2.24) is 5.32 Å². The van der Waals surface area contributed by atoms with Crippen LogP contribution < -0.4 is 5.32 Å². The quantitative estimate of drug-likeness (QED) is 0.814. The third-order valence-electron chi connectivity index (χ3n) is 3.35. The van der Waals surface area contributed by atoms with Gasteiger partial charge in [0.25, 0.3) is 0 Å². The predicted octanol–water partition coefficient (Wildman–Crippen LogP) is 4.50. The van der Waals surface area contributed by atoms with E-state index in [1.54, 1.807) is 24.8 Å². The predicted molar refractivity (Wildman–Crippen MR) is 84.8 cm³/mol. The third kappa shape index (κ3) is 3.84. The fourth-order valence-corrected chi connectivity index (χ4v) is 3.22. The molecule has 0 aliphatic carbocycles. The van der Waals surface area contributed by atoms with Crippen LogP contribution in [0.4, 0.5) is 4.39 Å². The molecular weight excluding hydrogens is 269 g/mol. The SMILES string of the molecule is CNC(CSc1cccc(C)c1)c1ccc(C)c(F)c1. The lowest BCUT2D eigenvalue weighted by atomic mass is 10.1.